The van der Waals surface area contributed by atoms with E-state index in [0.717, 1.165) is 18.4 Å². The van der Waals surface area contributed by atoms with Crippen LogP contribution in [0.15, 0.2) is 36.4 Å². The van der Waals surface area contributed by atoms with Crippen molar-refractivity contribution in [1.29, 1.82) is 0 Å². The van der Waals surface area contributed by atoms with E-state index in [2.05, 4.69) is 64.6 Å². The van der Waals surface area contributed by atoms with Gasteiger partial charge in [-0.3, -0.25) is 0 Å². The molecule has 1 aromatic rings. The molecule has 1 aliphatic rings. The van der Waals surface area contributed by atoms with Crippen molar-refractivity contribution in [1.82, 2.24) is 0 Å². The Morgan fingerprint density at radius 3 is 1.90 bits per heavy atom. The van der Waals surface area contributed by atoms with Gasteiger partial charge < -0.3 is 10.3 Å². The molecule has 0 bridgehead atoms. The number of hydroxylamine groups is 2. The van der Waals surface area contributed by atoms with Crippen molar-refractivity contribution in [2.24, 2.45) is 0 Å². The molecule has 0 saturated carbocycles. The minimum Gasteiger partial charge on any atom is -0.634 e. The van der Waals surface area contributed by atoms with Crippen LogP contribution in [0.25, 0.3) is 12.2 Å². The summed E-state index contributed by atoms with van der Waals surface area (Å²) in [7, 11) is 0. The van der Waals surface area contributed by atoms with E-state index in [0.29, 0.717) is 5.06 Å². The lowest BCUT2D eigenvalue weighted by Crippen LogP contribution is -3.22. The van der Waals surface area contributed by atoms with Gasteiger partial charge in [0.05, 0.1) is 11.1 Å². The second-order valence-electron chi connectivity index (χ2n) is 7.12. The molecule has 0 unspecified atom stereocenters. The van der Waals surface area contributed by atoms with Crippen LogP contribution in [0.3, 0.4) is 0 Å². The zero-order chi connectivity index (χ0) is 15.0. The maximum atomic E-state index is 12.4. The molecule has 2 rings (SSSR count). The first-order chi connectivity index (χ1) is 9.24. The van der Waals surface area contributed by atoms with Gasteiger partial charge >= 0.3 is 0 Å². The highest BCUT2D eigenvalue weighted by Gasteiger charge is 2.42. The van der Waals surface area contributed by atoms with Crippen molar-refractivity contribution in [2.45, 2.75) is 51.6 Å². The SMILES string of the molecule is C=Cc1ccc(C=C2CC(C)(C)[NH+]([O-])C(C)(C)C2)cc1. The number of rotatable bonds is 2. The van der Waals surface area contributed by atoms with E-state index in [1.165, 1.54) is 11.1 Å². The van der Waals surface area contributed by atoms with Gasteiger partial charge in [0.25, 0.3) is 0 Å². The van der Waals surface area contributed by atoms with Crippen LogP contribution in [0, 0.1) is 5.21 Å². The molecule has 1 N–H and O–H groups in total. The highest BCUT2D eigenvalue weighted by Crippen LogP contribution is 2.29. The summed E-state index contributed by atoms with van der Waals surface area (Å²) >= 11 is 0. The Morgan fingerprint density at radius 2 is 1.45 bits per heavy atom. The molecule has 0 atom stereocenters. The minimum atomic E-state index is -0.255. The average Bonchev–Trinajstić information content (AvgIpc) is 2.36. The molecule has 1 fully saturated rings. The maximum Gasteiger partial charge on any atom is 0.0958 e. The van der Waals surface area contributed by atoms with Gasteiger partial charge in [-0.2, -0.15) is 0 Å². The van der Waals surface area contributed by atoms with Crippen LogP contribution < -0.4 is 5.06 Å². The zero-order valence-electron chi connectivity index (χ0n) is 13.0. The van der Waals surface area contributed by atoms with Gasteiger partial charge in [-0.05, 0) is 38.8 Å². The Balaban J connectivity index is 2.27. The molecule has 1 aliphatic heterocycles. The summed E-state index contributed by atoms with van der Waals surface area (Å²) in [5.41, 5.74) is 3.19. The number of piperidine rings is 1. The van der Waals surface area contributed by atoms with Crippen LogP contribution in [-0.4, -0.2) is 11.1 Å². The van der Waals surface area contributed by atoms with E-state index < -0.39 is 0 Å². The van der Waals surface area contributed by atoms with Crippen LogP contribution in [0.5, 0.6) is 0 Å². The van der Waals surface area contributed by atoms with Crippen molar-refractivity contribution in [3.05, 3.63) is 52.8 Å². The summed E-state index contributed by atoms with van der Waals surface area (Å²) in [6.45, 7) is 12.0. The summed E-state index contributed by atoms with van der Waals surface area (Å²) in [5.74, 6) is 0. The van der Waals surface area contributed by atoms with Crippen molar-refractivity contribution in [3.63, 3.8) is 0 Å². The van der Waals surface area contributed by atoms with Crippen molar-refractivity contribution in [3.8, 4) is 0 Å². The van der Waals surface area contributed by atoms with Crippen LogP contribution in [0.2, 0.25) is 0 Å². The zero-order valence-corrected chi connectivity index (χ0v) is 13.0. The van der Waals surface area contributed by atoms with Crippen LogP contribution >= 0.6 is 0 Å². The lowest BCUT2D eigenvalue weighted by molar-refractivity contribution is -0.952. The van der Waals surface area contributed by atoms with Gasteiger partial charge in [0, 0.05) is 12.8 Å². The molecule has 0 aromatic heterocycles. The van der Waals surface area contributed by atoms with E-state index in [-0.39, 0.29) is 11.1 Å². The lowest BCUT2D eigenvalue weighted by atomic mass is 9.78. The third-order valence-electron chi connectivity index (χ3n) is 4.11. The second kappa shape index (κ2) is 5.19. The summed E-state index contributed by atoms with van der Waals surface area (Å²) in [6, 6.07) is 8.37. The lowest BCUT2D eigenvalue weighted by Gasteiger charge is -2.53. The molecular weight excluding hydrogens is 246 g/mol. The molecule has 1 heterocycles. The Morgan fingerprint density at radius 1 is 1.00 bits per heavy atom. The standard InChI is InChI=1S/C18H25NO/c1-6-14-7-9-15(10-8-14)11-16-12-17(2,3)19(20)18(4,5)13-16/h6-11,19H,1,12-13H2,2-5H3. The summed E-state index contributed by atoms with van der Waals surface area (Å²) in [4.78, 5) is 0. The maximum absolute atomic E-state index is 12.4. The van der Waals surface area contributed by atoms with Crippen molar-refractivity contribution in [2.75, 3.05) is 0 Å². The highest BCUT2D eigenvalue weighted by atomic mass is 16.5. The average molecular weight is 271 g/mol. The van der Waals surface area contributed by atoms with Gasteiger partial charge in [-0.1, -0.05) is 48.6 Å². The largest absolute Gasteiger partial charge is 0.634 e. The van der Waals surface area contributed by atoms with Gasteiger partial charge in [-0.15, -0.1) is 0 Å². The fourth-order valence-corrected chi connectivity index (χ4v) is 3.34. The fourth-order valence-electron chi connectivity index (χ4n) is 3.34. The normalized spacial score (nSPS) is 24.2. The van der Waals surface area contributed by atoms with E-state index in [1.54, 1.807) is 0 Å². The smallest absolute Gasteiger partial charge is 0.0958 e. The topological polar surface area (TPSA) is 27.5 Å². The Kier molecular flexibility index (Phi) is 3.90. The third-order valence-corrected chi connectivity index (χ3v) is 4.11. The van der Waals surface area contributed by atoms with E-state index in [4.69, 9.17) is 0 Å². The molecule has 1 saturated heterocycles. The molecule has 0 radical (unpaired) electrons. The molecule has 0 aliphatic carbocycles. The highest BCUT2D eigenvalue weighted by molar-refractivity contribution is 5.57. The van der Waals surface area contributed by atoms with Gasteiger partial charge in [0.15, 0.2) is 0 Å². The predicted molar refractivity (Wildman–Crippen MR) is 86.2 cm³/mol. The summed E-state index contributed by atoms with van der Waals surface area (Å²) in [6.07, 6.45) is 5.81. The predicted octanol–water partition coefficient (Wildman–Crippen LogP) is 3.45. The van der Waals surface area contributed by atoms with Gasteiger partial charge in [0.2, 0.25) is 0 Å². The van der Waals surface area contributed by atoms with Crippen LogP contribution in [-0.2, 0) is 0 Å². The van der Waals surface area contributed by atoms with Gasteiger partial charge in [0.1, 0.15) is 0 Å². The van der Waals surface area contributed by atoms with E-state index in [9.17, 15) is 5.21 Å². The Hall–Kier alpha value is -1.38. The molecule has 2 heteroatoms. The third kappa shape index (κ3) is 3.02. The molecule has 20 heavy (non-hydrogen) atoms. The first-order valence-electron chi connectivity index (χ1n) is 7.21. The monoisotopic (exact) mass is 271 g/mol. The first kappa shape index (κ1) is 15.0. The van der Waals surface area contributed by atoms with Crippen LogP contribution in [0.4, 0.5) is 0 Å². The summed E-state index contributed by atoms with van der Waals surface area (Å²) in [5, 5.41) is 12.8. The number of nitrogens with one attached hydrogen (secondary N) is 1. The minimum absolute atomic E-state index is 0.255. The summed E-state index contributed by atoms with van der Waals surface area (Å²) < 4.78 is 0. The number of hydrogen-bond acceptors (Lipinski definition) is 1. The number of benzene rings is 1. The van der Waals surface area contributed by atoms with Gasteiger partial charge in [-0.25, -0.2) is 0 Å². The number of hydrogen-bond donors (Lipinski definition) is 1. The molecule has 1 aromatic carbocycles. The quantitative estimate of drug-likeness (QED) is 0.820. The Labute approximate surface area is 122 Å². The molecule has 0 spiro atoms. The van der Waals surface area contributed by atoms with Crippen molar-refractivity contribution < 1.29 is 5.06 Å². The van der Waals surface area contributed by atoms with E-state index >= 15 is 0 Å². The van der Waals surface area contributed by atoms with Crippen LogP contribution in [0.1, 0.15) is 51.7 Å². The second-order valence-corrected chi connectivity index (χ2v) is 7.12. The molecule has 0 amide bonds. The van der Waals surface area contributed by atoms with Crippen molar-refractivity contribution >= 4 is 12.2 Å². The fraction of sp³-hybridized carbons (Fsp3) is 0.444. The molecule has 2 nitrogen and oxygen atoms in total. The first-order valence-corrected chi connectivity index (χ1v) is 7.21. The molecular formula is C18H25NO. The van der Waals surface area contributed by atoms with E-state index in [1.807, 2.05) is 6.08 Å². The Bertz CT molecular complexity index is 503. The number of quaternary nitrogens is 1. The molecule has 108 valence electrons.